The maximum atomic E-state index is 2.68. The van der Waals surface area contributed by atoms with Gasteiger partial charge in [-0.1, -0.05) is 74.0 Å². The van der Waals surface area contributed by atoms with Gasteiger partial charge in [0.2, 0.25) is 0 Å². The summed E-state index contributed by atoms with van der Waals surface area (Å²) in [5.74, 6) is 0.855. The molecule has 1 heteroatoms. The Morgan fingerprint density at radius 2 is 1.52 bits per heavy atom. The Labute approximate surface area is 128 Å². The Hall–Kier alpha value is -1.60. The maximum Gasteiger partial charge on any atom is 0.0601 e. The van der Waals surface area contributed by atoms with Crippen LogP contribution in [0.15, 0.2) is 60.7 Å². The van der Waals surface area contributed by atoms with Crippen LogP contribution in [-0.4, -0.2) is 18.0 Å². The van der Waals surface area contributed by atoms with Crippen LogP contribution in [0.25, 0.3) is 0 Å². The van der Waals surface area contributed by atoms with E-state index in [-0.39, 0.29) is 0 Å². The molecule has 1 aliphatic heterocycles. The lowest BCUT2D eigenvalue weighted by molar-refractivity contribution is 0.139. The van der Waals surface area contributed by atoms with Crippen LogP contribution in [0.4, 0.5) is 0 Å². The molecule has 3 rings (SSSR count). The molecule has 0 bridgehead atoms. The van der Waals surface area contributed by atoms with Crippen LogP contribution in [0.1, 0.15) is 43.4 Å². The molecule has 1 saturated heterocycles. The third-order valence-electron chi connectivity index (χ3n) is 4.72. The van der Waals surface area contributed by atoms with Crippen LogP contribution in [0.5, 0.6) is 0 Å². The lowest BCUT2D eigenvalue weighted by atomic mass is 9.90. The molecule has 1 aliphatic rings. The minimum atomic E-state index is 0.404. The fourth-order valence-corrected chi connectivity index (χ4v) is 3.55. The highest BCUT2D eigenvalue weighted by Gasteiger charge is 2.27. The lowest BCUT2D eigenvalue weighted by Gasteiger charge is -2.38. The van der Waals surface area contributed by atoms with Crippen LogP contribution < -0.4 is 0 Å². The van der Waals surface area contributed by atoms with Gasteiger partial charge in [0.05, 0.1) is 6.04 Å². The van der Waals surface area contributed by atoms with Gasteiger partial charge in [0.1, 0.15) is 0 Å². The van der Waals surface area contributed by atoms with E-state index >= 15 is 0 Å². The smallest absolute Gasteiger partial charge is 0.0601 e. The molecule has 0 spiro atoms. The third kappa shape index (κ3) is 3.36. The first-order valence-electron chi connectivity index (χ1n) is 8.22. The molecule has 1 fully saturated rings. The first-order chi connectivity index (χ1) is 10.4. The quantitative estimate of drug-likeness (QED) is 0.769. The summed E-state index contributed by atoms with van der Waals surface area (Å²) in [5, 5.41) is 0. The fourth-order valence-electron chi connectivity index (χ4n) is 3.55. The highest BCUT2D eigenvalue weighted by molar-refractivity contribution is 5.31. The molecule has 0 aromatic heterocycles. The van der Waals surface area contributed by atoms with E-state index < -0.39 is 0 Å². The van der Waals surface area contributed by atoms with Crippen LogP contribution in [-0.2, 0) is 0 Å². The summed E-state index contributed by atoms with van der Waals surface area (Å²) < 4.78 is 0. The molecule has 21 heavy (non-hydrogen) atoms. The highest BCUT2D eigenvalue weighted by atomic mass is 15.2. The second-order valence-corrected chi connectivity index (χ2v) is 6.14. The van der Waals surface area contributed by atoms with Gasteiger partial charge in [0.15, 0.2) is 0 Å². The topological polar surface area (TPSA) is 3.24 Å². The third-order valence-corrected chi connectivity index (χ3v) is 4.72. The number of benzene rings is 2. The molecule has 0 aliphatic carbocycles. The number of piperidine rings is 1. The molecule has 1 atom stereocenters. The van der Waals surface area contributed by atoms with Crippen molar-refractivity contribution in [3.05, 3.63) is 71.8 Å². The first-order valence-corrected chi connectivity index (χ1v) is 8.22. The van der Waals surface area contributed by atoms with Gasteiger partial charge in [-0.05, 0) is 36.4 Å². The Morgan fingerprint density at radius 3 is 2.05 bits per heavy atom. The average molecular weight is 279 g/mol. The van der Waals surface area contributed by atoms with E-state index in [4.69, 9.17) is 0 Å². The fraction of sp³-hybridized carbons (Fsp3) is 0.400. The number of hydrogen-bond donors (Lipinski definition) is 0. The van der Waals surface area contributed by atoms with E-state index in [1.807, 2.05) is 0 Å². The van der Waals surface area contributed by atoms with Crippen molar-refractivity contribution in [3.63, 3.8) is 0 Å². The normalized spacial score (nSPS) is 19.8. The molecule has 110 valence electrons. The van der Waals surface area contributed by atoms with Crippen molar-refractivity contribution < 1.29 is 0 Å². The van der Waals surface area contributed by atoms with E-state index in [0.29, 0.717) is 6.04 Å². The van der Waals surface area contributed by atoms with Gasteiger partial charge >= 0.3 is 0 Å². The first kappa shape index (κ1) is 14.3. The van der Waals surface area contributed by atoms with Gasteiger partial charge in [-0.2, -0.15) is 0 Å². The SMILES string of the molecule is CCC1CCCN(C(c2ccccc2)c2ccccc2)C1. The number of nitrogens with zero attached hydrogens (tertiary/aromatic N) is 1. The molecule has 2 aromatic rings. The molecule has 1 heterocycles. The van der Waals surface area contributed by atoms with E-state index in [9.17, 15) is 0 Å². The second-order valence-electron chi connectivity index (χ2n) is 6.14. The average Bonchev–Trinajstić information content (AvgIpc) is 2.57. The van der Waals surface area contributed by atoms with Gasteiger partial charge in [0.25, 0.3) is 0 Å². The standard InChI is InChI=1S/C20H25N/c1-2-17-10-9-15-21(16-17)20(18-11-5-3-6-12-18)19-13-7-4-8-14-19/h3-8,11-14,17,20H,2,9-10,15-16H2,1H3. The Kier molecular flexibility index (Phi) is 4.72. The summed E-state index contributed by atoms with van der Waals surface area (Å²) in [5.41, 5.74) is 2.83. The summed E-state index contributed by atoms with van der Waals surface area (Å²) in [4.78, 5) is 2.68. The summed E-state index contributed by atoms with van der Waals surface area (Å²) in [6.45, 7) is 4.77. The van der Waals surface area contributed by atoms with Crippen molar-refractivity contribution in [2.75, 3.05) is 13.1 Å². The second kappa shape index (κ2) is 6.91. The molecule has 1 nitrogen and oxygen atoms in total. The number of hydrogen-bond acceptors (Lipinski definition) is 1. The summed E-state index contributed by atoms with van der Waals surface area (Å²) >= 11 is 0. The van der Waals surface area contributed by atoms with Crippen LogP contribution in [0, 0.1) is 5.92 Å². The van der Waals surface area contributed by atoms with Gasteiger partial charge in [0, 0.05) is 6.54 Å². The van der Waals surface area contributed by atoms with Crippen LogP contribution in [0.3, 0.4) is 0 Å². The number of likely N-dealkylation sites (tertiary alicyclic amines) is 1. The predicted molar refractivity (Wildman–Crippen MR) is 89.3 cm³/mol. The Balaban J connectivity index is 1.93. The van der Waals surface area contributed by atoms with Crippen molar-refractivity contribution >= 4 is 0 Å². The van der Waals surface area contributed by atoms with Gasteiger partial charge in [-0.15, -0.1) is 0 Å². The Bertz CT molecular complexity index is 495. The molecule has 0 amide bonds. The monoisotopic (exact) mass is 279 g/mol. The van der Waals surface area contributed by atoms with Crippen LogP contribution in [0.2, 0.25) is 0 Å². The zero-order valence-electron chi connectivity index (χ0n) is 12.9. The summed E-state index contributed by atoms with van der Waals surface area (Å²) in [6.07, 6.45) is 4.02. The summed E-state index contributed by atoms with van der Waals surface area (Å²) in [6, 6.07) is 22.3. The van der Waals surface area contributed by atoms with Gasteiger partial charge in [-0.3, -0.25) is 4.90 Å². The molecule has 0 radical (unpaired) electrons. The van der Waals surface area contributed by atoms with E-state index in [2.05, 4.69) is 72.5 Å². The van der Waals surface area contributed by atoms with Crippen molar-refractivity contribution in [1.82, 2.24) is 4.90 Å². The van der Waals surface area contributed by atoms with Crippen molar-refractivity contribution in [2.24, 2.45) is 5.92 Å². The van der Waals surface area contributed by atoms with E-state index in [1.54, 1.807) is 0 Å². The zero-order chi connectivity index (χ0) is 14.5. The van der Waals surface area contributed by atoms with Crippen molar-refractivity contribution in [2.45, 2.75) is 32.2 Å². The predicted octanol–water partition coefficient (Wildman–Crippen LogP) is 4.90. The minimum Gasteiger partial charge on any atom is -0.292 e. The molecular formula is C20H25N. The van der Waals surface area contributed by atoms with Crippen LogP contribution >= 0.6 is 0 Å². The lowest BCUT2D eigenvalue weighted by Crippen LogP contribution is -2.38. The molecule has 0 saturated carbocycles. The minimum absolute atomic E-state index is 0.404. The molecule has 1 unspecified atom stereocenters. The maximum absolute atomic E-state index is 2.68. The van der Waals surface area contributed by atoms with E-state index in [1.165, 1.54) is 43.5 Å². The molecular weight excluding hydrogens is 254 g/mol. The molecule has 2 aromatic carbocycles. The van der Waals surface area contributed by atoms with Gasteiger partial charge < -0.3 is 0 Å². The molecule has 0 N–H and O–H groups in total. The summed E-state index contributed by atoms with van der Waals surface area (Å²) in [7, 11) is 0. The van der Waals surface area contributed by atoms with Crippen molar-refractivity contribution in [1.29, 1.82) is 0 Å². The van der Waals surface area contributed by atoms with E-state index in [0.717, 1.165) is 5.92 Å². The largest absolute Gasteiger partial charge is 0.292 e. The van der Waals surface area contributed by atoms with Crippen molar-refractivity contribution in [3.8, 4) is 0 Å². The number of rotatable bonds is 4. The zero-order valence-corrected chi connectivity index (χ0v) is 12.9. The van der Waals surface area contributed by atoms with Gasteiger partial charge in [-0.25, -0.2) is 0 Å². The Morgan fingerprint density at radius 1 is 0.952 bits per heavy atom. The highest BCUT2D eigenvalue weighted by Crippen LogP contribution is 2.32.